The quantitative estimate of drug-likeness (QED) is 0.411. The van der Waals surface area contributed by atoms with Gasteiger partial charge in [0, 0.05) is 45.0 Å². The van der Waals surface area contributed by atoms with E-state index < -0.39 is 0 Å². The summed E-state index contributed by atoms with van der Waals surface area (Å²) < 4.78 is 7.36. The molecular formula is C20H31N5O. The first-order chi connectivity index (χ1) is 12.9. The van der Waals surface area contributed by atoms with Gasteiger partial charge in [-0.05, 0) is 43.4 Å². The SMILES string of the molecule is c1coc(CCNC(=NCC2CCCCC2)NCCCn2cccn2)c1. The van der Waals surface area contributed by atoms with Crippen LogP contribution >= 0.6 is 0 Å². The number of aryl methyl sites for hydroxylation is 1. The van der Waals surface area contributed by atoms with E-state index in [4.69, 9.17) is 9.41 Å². The molecule has 2 aromatic heterocycles. The van der Waals surface area contributed by atoms with Gasteiger partial charge in [0.1, 0.15) is 5.76 Å². The Bertz CT molecular complexity index is 615. The van der Waals surface area contributed by atoms with Crippen LogP contribution in [-0.4, -0.2) is 35.4 Å². The van der Waals surface area contributed by atoms with Crippen LogP contribution in [0.25, 0.3) is 0 Å². The first kappa shape index (κ1) is 18.5. The molecule has 26 heavy (non-hydrogen) atoms. The predicted octanol–water partition coefficient (Wildman–Crippen LogP) is 3.22. The molecule has 6 nitrogen and oxygen atoms in total. The summed E-state index contributed by atoms with van der Waals surface area (Å²) >= 11 is 0. The molecule has 0 unspecified atom stereocenters. The number of rotatable bonds is 9. The van der Waals surface area contributed by atoms with E-state index in [9.17, 15) is 0 Å². The Labute approximate surface area is 156 Å². The first-order valence-corrected chi connectivity index (χ1v) is 9.92. The maximum atomic E-state index is 5.40. The molecule has 1 aliphatic rings. The van der Waals surface area contributed by atoms with Crippen LogP contribution in [0.2, 0.25) is 0 Å². The molecule has 1 aliphatic carbocycles. The van der Waals surface area contributed by atoms with Gasteiger partial charge in [-0.3, -0.25) is 9.67 Å². The lowest BCUT2D eigenvalue weighted by atomic mass is 9.89. The van der Waals surface area contributed by atoms with E-state index in [0.717, 1.165) is 56.7 Å². The number of nitrogens with one attached hydrogen (secondary N) is 2. The molecule has 3 rings (SSSR count). The van der Waals surface area contributed by atoms with Crippen molar-refractivity contribution in [3.05, 3.63) is 42.6 Å². The topological polar surface area (TPSA) is 67.4 Å². The summed E-state index contributed by atoms with van der Waals surface area (Å²) in [5.74, 6) is 2.67. The normalized spacial score (nSPS) is 15.9. The van der Waals surface area contributed by atoms with Crippen LogP contribution in [0.4, 0.5) is 0 Å². The fourth-order valence-electron chi connectivity index (χ4n) is 3.40. The standard InChI is InChI=1S/C20H31N5O/c1-2-7-18(8-3-1)17-23-20(22-13-10-19-9-4-16-26-19)21-11-5-14-25-15-6-12-24-25/h4,6,9,12,15-16,18H,1-3,5,7-8,10-11,13-14,17H2,(H2,21,22,23). The van der Waals surface area contributed by atoms with E-state index in [1.54, 1.807) is 6.26 Å². The summed E-state index contributed by atoms with van der Waals surface area (Å²) in [6.07, 6.45) is 14.2. The molecule has 0 aromatic carbocycles. The molecule has 2 aromatic rings. The van der Waals surface area contributed by atoms with Crippen LogP contribution in [0.1, 0.15) is 44.3 Å². The summed E-state index contributed by atoms with van der Waals surface area (Å²) in [6, 6.07) is 5.90. The third-order valence-corrected chi connectivity index (χ3v) is 4.89. The third-order valence-electron chi connectivity index (χ3n) is 4.89. The second-order valence-electron chi connectivity index (χ2n) is 7.00. The van der Waals surface area contributed by atoms with Crippen molar-refractivity contribution >= 4 is 5.96 Å². The van der Waals surface area contributed by atoms with Gasteiger partial charge in [0.05, 0.1) is 6.26 Å². The molecule has 0 amide bonds. The Balaban J connectivity index is 1.42. The zero-order chi connectivity index (χ0) is 17.9. The maximum absolute atomic E-state index is 5.40. The summed E-state index contributed by atoms with van der Waals surface area (Å²) in [7, 11) is 0. The summed E-state index contributed by atoms with van der Waals surface area (Å²) in [5, 5.41) is 11.2. The van der Waals surface area contributed by atoms with Crippen molar-refractivity contribution in [1.29, 1.82) is 0 Å². The minimum Gasteiger partial charge on any atom is -0.469 e. The number of furan rings is 1. The average Bonchev–Trinajstić information content (AvgIpc) is 3.37. The molecule has 0 spiro atoms. The summed E-state index contributed by atoms with van der Waals surface area (Å²) in [5.41, 5.74) is 0. The van der Waals surface area contributed by atoms with E-state index in [2.05, 4.69) is 15.7 Å². The van der Waals surface area contributed by atoms with Crippen LogP contribution in [0.5, 0.6) is 0 Å². The van der Waals surface area contributed by atoms with Gasteiger partial charge in [0.2, 0.25) is 0 Å². The van der Waals surface area contributed by atoms with Gasteiger partial charge in [-0.15, -0.1) is 0 Å². The van der Waals surface area contributed by atoms with Crippen molar-refractivity contribution in [3.8, 4) is 0 Å². The van der Waals surface area contributed by atoms with Crippen molar-refractivity contribution in [2.45, 2.75) is 51.5 Å². The van der Waals surface area contributed by atoms with Gasteiger partial charge >= 0.3 is 0 Å². The largest absolute Gasteiger partial charge is 0.469 e. The molecule has 1 fully saturated rings. The van der Waals surface area contributed by atoms with Crippen LogP contribution in [0.3, 0.4) is 0 Å². The molecule has 0 radical (unpaired) electrons. The predicted molar refractivity (Wildman–Crippen MR) is 104 cm³/mol. The van der Waals surface area contributed by atoms with Crippen molar-refractivity contribution in [2.24, 2.45) is 10.9 Å². The fraction of sp³-hybridized carbons (Fsp3) is 0.600. The minimum atomic E-state index is 0.747. The number of hydrogen-bond acceptors (Lipinski definition) is 3. The Hall–Kier alpha value is -2.24. The molecule has 142 valence electrons. The van der Waals surface area contributed by atoms with Crippen LogP contribution in [0, 0.1) is 5.92 Å². The van der Waals surface area contributed by atoms with Crippen molar-refractivity contribution in [1.82, 2.24) is 20.4 Å². The third kappa shape index (κ3) is 6.58. The molecule has 6 heteroatoms. The monoisotopic (exact) mass is 357 g/mol. The van der Waals surface area contributed by atoms with Gasteiger partial charge in [-0.25, -0.2) is 0 Å². The Morgan fingerprint density at radius 1 is 1.19 bits per heavy atom. The lowest BCUT2D eigenvalue weighted by Gasteiger charge is -2.20. The summed E-state index contributed by atoms with van der Waals surface area (Å²) in [4.78, 5) is 4.84. The molecule has 0 atom stereocenters. The Morgan fingerprint density at radius 3 is 2.85 bits per heavy atom. The van der Waals surface area contributed by atoms with E-state index in [0.29, 0.717) is 0 Å². The highest BCUT2D eigenvalue weighted by Crippen LogP contribution is 2.23. The fourth-order valence-corrected chi connectivity index (χ4v) is 3.40. The maximum Gasteiger partial charge on any atom is 0.191 e. The molecule has 0 aliphatic heterocycles. The highest BCUT2D eigenvalue weighted by atomic mass is 16.3. The number of aliphatic imine (C=N–C) groups is 1. The highest BCUT2D eigenvalue weighted by molar-refractivity contribution is 5.79. The molecule has 0 bridgehead atoms. The minimum absolute atomic E-state index is 0.747. The van der Waals surface area contributed by atoms with Gasteiger partial charge in [-0.2, -0.15) is 5.10 Å². The lowest BCUT2D eigenvalue weighted by Crippen LogP contribution is -2.39. The molecule has 1 saturated carbocycles. The number of guanidine groups is 1. The Kier molecular flexibility index (Phi) is 7.62. The lowest BCUT2D eigenvalue weighted by molar-refractivity contribution is 0.366. The second kappa shape index (κ2) is 10.7. The van der Waals surface area contributed by atoms with E-state index >= 15 is 0 Å². The zero-order valence-corrected chi connectivity index (χ0v) is 15.6. The number of hydrogen-bond donors (Lipinski definition) is 2. The molecular weight excluding hydrogens is 326 g/mol. The number of aromatic nitrogens is 2. The van der Waals surface area contributed by atoms with Crippen molar-refractivity contribution < 1.29 is 4.42 Å². The van der Waals surface area contributed by atoms with Crippen LogP contribution in [0.15, 0.2) is 46.3 Å². The zero-order valence-electron chi connectivity index (χ0n) is 15.6. The molecule has 0 saturated heterocycles. The molecule has 2 N–H and O–H groups in total. The van der Waals surface area contributed by atoms with Crippen LogP contribution in [-0.2, 0) is 13.0 Å². The smallest absolute Gasteiger partial charge is 0.191 e. The van der Waals surface area contributed by atoms with Gasteiger partial charge in [0.25, 0.3) is 0 Å². The molecule has 2 heterocycles. The van der Waals surface area contributed by atoms with E-state index in [1.165, 1.54) is 32.1 Å². The van der Waals surface area contributed by atoms with E-state index in [-0.39, 0.29) is 0 Å². The summed E-state index contributed by atoms with van der Waals surface area (Å²) in [6.45, 7) is 3.55. The van der Waals surface area contributed by atoms with Crippen molar-refractivity contribution in [3.63, 3.8) is 0 Å². The number of nitrogens with zero attached hydrogens (tertiary/aromatic N) is 3. The van der Waals surface area contributed by atoms with E-state index in [1.807, 2.05) is 35.3 Å². The van der Waals surface area contributed by atoms with Crippen LogP contribution < -0.4 is 10.6 Å². The van der Waals surface area contributed by atoms with Gasteiger partial charge < -0.3 is 15.1 Å². The second-order valence-corrected chi connectivity index (χ2v) is 7.00. The van der Waals surface area contributed by atoms with Crippen molar-refractivity contribution in [2.75, 3.05) is 19.6 Å². The first-order valence-electron chi connectivity index (χ1n) is 9.92. The van der Waals surface area contributed by atoms with Gasteiger partial charge in [-0.1, -0.05) is 19.3 Å². The van der Waals surface area contributed by atoms with Gasteiger partial charge in [0.15, 0.2) is 5.96 Å². The highest BCUT2D eigenvalue weighted by Gasteiger charge is 2.13. The Morgan fingerprint density at radius 2 is 2.08 bits per heavy atom. The average molecular weight is 358 g/mol.